The fourth-order valence-corrected chi connectivity index (χ4v) is 2.20. The molecule has 0 bridgehead atoms. The van der Waals surface area contributed by atoms with E-state index in [-0.39, 0.29) is 11.9 Å². The molecule has 2 aliphatic rings. The number of amides is 1. The van der Waals surface area contributed by atoms with E-state index in [1.807, 2.05) is 4.90 Å². The lowest BCUT2D eigenvalue weighted by Gasteiger charge is -2.41. The number of carbonyl (C=O) groups excluding carboxylic acids is 1. The number of hydrogen-bond donors (Lipinski definition) is 1. The third kappa shape index (κ3) is 1.57. The topological polar surface area (TPSA) is 46.3 Å². The summed E-state index contributed by atoms with van der Waals surface area (Å²) < 4.78 is 0. The average Bonchev–Trinajstić information content (AvgIpc) is 2.00. The zero-order chi connectivity index (χ0) is 9.42. The SMILES string of the molecule is CC(CN1CC(N)C1=O)C1CCC1. The quantitative estimate of drug-likeness (QED) is 0.649. The van der Waals surface area contributed by atoms with Crippen molar-refractivity contribution >= 4 is 5.91 Å². The van der Waals surface area contributed by atoms with Crippen LogP contribution in [0.15, 0.2) is 0 Å². The summed E-state index contributed by atoms with van der Waals surface area (Å²) in [5, 5.41) is 0. The first-order chi connectivity index (χ1) is 6.18. The summed E-state index contributed by atoms with van der Waals surface area (Å²) in [5.74, 6) is 1.68. The second kappa shape index (κ2) is 3.29. The molecule has 2 N–H and O–H groups in total. The van der Waals surface area contributed by atoms with Crippen molar-refractivity contribution in [3.05, 3.63) is 0 Å². The summed E-state index contributed by atoms with van der Waals surface area (Å²) >= 11 is 0. The van der Waals surface area contributed by atoms with Crippen LogP contribution >= 0.6 is 0 Å². The minimum Gasteiger partial charge on any atom is -0.339 e. The molecular formula is C10H18N2O. The van der Waals surface area contributed by atoms with Crippen LogP contribution in [-0.2, 0) is 4.79 Å². The molecule has 2 rings (SSSR count). The van der Waals surface area contributed by atoms with E-state index in [1.165, 1.54) is 19.3 Å². The molecule has 13 heavy (non-hydrogen) atoms. The van der Waals surface area contributed by atoms with Gasteiger partial charge in [-0.15, -0.1) is 0 Å². The molecular weight excluding hydrogens is 164 g/mol. The van der Waals surface area contributed by atoms with Gasteiger partial charge in [0.15, 0.2) is 0 Å². The van der Waals surface area contributed by atoms with E-state index in [1.54, 1.807) is 0 Å². The van der Waals surface area contributed by atoms with Crippen LogP contribution in [0.5, 0.6) is 0 Å². The second-order valence-corrected chi connectivity index (χ2v) is 4.52. The number of rotatable bonds is 3. The van der Waals surface area contributed by atoms with Gasteiger partial charge in [-0.1, -0.05) is 26.2 Å². The number of carbonyl (C=O) groups is 1. The lowest BCUT2D eigenvalue weighted by atomic mass is 9.76. The minimum atomic E-state index is -0.200. The fourth-order valence-electron chi connectivity index (χ4n) is 2.20. The molecule has 3 nitrogen and oxygen atoms in total. The Kier molecular flexibility index (Phi) is 2.28. The van der Waals surface area contributed by atoms with Crippen LogP contribution < -0.4 is 5.73 Å². The molecule has 2 atom stereocenters. The van der Waals surface area contributed by atoms with E-state index >= 15 is 0 Å². The Morgan fingerprint density at radius 1 is 1.62 bits per heavy atom. The van der Waals surface area contributed by atoms with Crippen LogP contribution in [0.4, 0.5) is 0 Å². The van der Waals surface area contributed by atoms with Gasteiger partial charge in [0.1, 0.15) is 6.04 Å². The number of hydrogen-bond acceptors (Lipinski definition) is 2. The Morgan fingerprint density at radius 3 is 2.69 bits per heavy atom. The maximum atomic E-state index is 11.2. The standard InChI is InChI=1S/C10H18N2O/c1-7(8-3-2-4-8)5-12-6-9(11)10(12)13/h7-9H,2-6,11H2,1H3. The van der Waals surface area contributed by atoms with Gasteiger partial charge in [-0.05, 0) is 11.8 Å². The zero-order valence-electron chi connectivity index (χ0n) is 8.20. The van der Waals surface area contributed by atoms with Crippen molar-refractivity contribution in [2.75, 3.05) is 13.1 Å². The molecule has 1 aliphatic heterocycles. The van der Waals surface area contributed by atoms with Crippen molar-refractivity contribution in [2.24, 2.45) is 17.6 Å². The van der Waals surface area contributed by atoms with Crippen LogP contribution in [0, 0.1) is 11.8 Å². The number of nitrogens with two attached hydrogens (primary N) is 1. The highest BCUT2D eigenvalue weighted by Gasteiger charge is 2.35. The monoisotopic (exact) mass is 182 g/mol. The molecule has 1 saturated carbocycles. The number of nitrogens with zero attached hydrogens (tertiary/aromatic N) is 1. The summed E-state index contributed by atoms with van der Waals surface area (Å²) in [6.07, 6.45) is 4.09. The second-order valence-electron chi connectivity index (χ2n) is 4.52. The van der Waals surface area contributed by atoms with Crippen molar-refractivity contribution in [1.82, 2.24) is 4.90 Å². The van der Waals surface area contributed by atoms with Gasteiger partial charge in [0.2, 0.25) is 5.91 Å². The van der Waals surface area contributed by atoms with Gasteiger partial charge in [-0.2, -0.15) is 0 Å². The van der Waals surface area contributed by atoms with E-state index in [0.29, 0.717) is 5.92 Å². The fraction of sp³-hybridized carbons (Fsp3) is 0.900. The third-order valence-corrected chi connectivity index (χ3v) is 3.51. The highest BCUT2D eigenvalue weighted by Crippen LogP contribution is 2.34. The smallest absolute Gasteiger partial charge is 0.241 e. The molecule has 1 amide bonds. The first-order valence-corrected chi connectivity index (χ1v) is 5.23. The molecule has 0 aromatic carbocycles. The van der Waals surface area contributed by atoms with E-state index < -0.39 is 0 Å². The molecule has 0 aromatic rings. The van der Waals surface area contributed by atoms with E-state index in [0.717, 1.165) is 19.0 Å². The van der Waals surface area contributed by atoms with Crippen molar-refractivity contribution in [1.29, 1.82) is 0 Å². The molecule has 0 spiro atoms. The van der Waals surface area contributed by atoms with E-state index in [4.69, 9.17) is 5.73 Å². The predicted octanol–water partition coefficient (Wildman–Crippen LogP) is 0.592. The summed E-state index contributed by atoms with van der Waals surface area (Å²) in [5.41, 5.74) is 5.52. The Bertz CT molecular complexity index is 213. The third-order valence-electron chi connectivity index (χ3n) is 3.51. The molecule has 0 radical (unpaired) electrons. The Balaban J connectivity index is 1.75. The number of β-lactam (4-membered cyclic amide) rings is 1. The van der Waals surface area contributed by atoms with Crippen LogP contribution in [0.25, 0.3) is 0 Å². The summed E-state index contributed by atoms with van der Waals surface area (Å²) in [4.78, 5) is 13.1. The first kappa shape index (κ1) is 9.00. The molecule has 3 heteroatoms. The van der Waals surface area contributed by atoms with Crippen LogP contribution in [0.1, 0.15) is 26.2 Å². The van der Waals surface area contributed by atoms with Gasteiger partial charge in [0.25, 0.3) is 0 Å². The van der Waals surface area contributed by atoms with Gasteiger partial charge in [0, 0.05) is 13.1 Å². The first-order valence-electron chi connectivity index (χ1n) is 5.23. The normalized spacial score (nSPS) is 31.1. The highest BCUT2D eigenvalue weighted by molar-refractivity contribution is 5.87. The maximum Gasteiger partial charge on any atom is 0.241 e. The largest absolute Gasteiger partial charge is 0.339 e. The van der Waals surface area contributed by atoms with Crippen LogP contribution in [-0.4, -0.2) is 29.9 Å². The van der Waals surface area contributed by atoms with Gasteiger partial charge in [-0.3, -0.25) is 4.79 Å². The summed E-state index contributed by atoms with van der Waals surface area (Å²) in [6.45, 7) is 3.95. The lowest BCUT2D eigenvalue weighted by Crippen LogP contribution is -2.62. The molecule has 1 saturated heterocycles. The average molecular weight is 182 g/mol. The zero-order valence-corrected chi connectivity index (χ0v) is 8.20. The molecule has 74 valence electrons. The highest BCUT2D eigenvalue weighted by atomic mass is 16.2. The van der Waals surface area contributed by atoms with Crippen molar-refractivity contribution in [3.63, 3.8) is 0 Å². The Hall–Kier alpha value is -0.570. The maximum absolute atomic E-state index is 11.2. The minimum absolute atomic E-state index is 0.145. The number of likely N-dealkylation sites (tertiary alicyclic amines) is 1. The molecule has 2 unspecified atom stereocenters. The summed E-state index contributed by atoms with van der Waals surface area (Å²) in [6, 6.07) is -0.200. The lowest BCUT2D eigenvalue weighted by molar-refractivity contribution is -0.143. The molecule has 0 aromatic heterocycles. The van der Waals surface area contributed by atoms with Crippen LogP contribution in [0.2, 0.25) is 0 Å². The van der Waals surface area contributed by atoms with Gasteiger partial charge >= 0.3 is 0 Å². The van der Waals surface area contributed by atoms with Crippen molar-refractivity contribution in [2.45, 2.75) is 32.2 Å². The summed E-state index contributed by atoms with van der Waals surface area (Å²) in [7, 11) is 0. The van der Waals surface area contributed by atoms with E-state index in [9.17, 15) is 4.79 Å². The molecule has 2 fully saturated rings. The van der Waals surface area contributed by atoms with Gasteiger partial charge in [-0.25, -0.2) is 0 Å². The van der Waals surface area contributed by atoms with E-state index in [2.05, 4.69) is 6.92 Å². The Morgan fingerprint density at radius 2 is 2.31 bits per heavy atom. The predicted molar refractivity (Wildman–Crippen MR) is 51.1 cm³/mol. The molecule has 1 aliphatic carbocycles. The Labute approximate surface area is 79.3 Å². The van der Waals surface area contributed by atoms with Gasteiger partial charge in [0.05, 0.1) is 0 Å². The van der Waals surface area contributed by atoms with Crippen molar-refractivity contribution in [3.8, 4) is 0 Å². The molecule has 1 heterocycles. The van der Waals surface area contributed by atoms with Gasteiger partial charge < -0.3 is 10.6 Å². The van der Waals surface area contributed by atoms with Crippen molar-refractivity contribution < 1.29 is 4.79 Å². The van der Waals surface area contributed by atoms with Crippen LogP contribution in [0.3, 0.4) is 0 Å².